The molecule has 0 aliphatic carbocycles. The molecule has 1 saturated heterocycles. The van der Waals surface area contributed by atoms with Crippen molar-refractivity contribution < 1.29 is 4.79 Å². The Kier molecular flexibility index (Phi) is 5.84. The molecule has 4 heteroatoms. The molecule has 2 aromatic carbocycles. The second-order valence-electron chi connectivity index (χ2n) is 6.92. The second kappa shape index (κ2) is 8.28. The lowest BCUT2D eigenvalue weighted by Gasteiger charge is -2.34. The van der Waals surface area contributed by atoms with Gasteiger partial charge in [-0.1, -0.05) is 42.5 Å². The highest BCUT2D eigenvalue weighted by Crippen LogP contribution is 2.19. The number of carbonyl (C=O) groups is 1. The van der Waals surface area contributed by atoms with Crippen LogP contribution in [0, 0.1) is 0 Å². The van der Waals surface area contributed by atoms with Crippen LogP contribution in [0.5, 0.6) is 0 Å². The van der Waals surface area contributed by atoms with Gasteiger partial charge in [0, 0.05) is 44.3 Å². The lowest BCUT2D eigenvalue weighted by atomic mass is 10.0. The third kappa shape index (κ3) is 4.91. The summed E-state index contributed by atoms with van der Waals surface area (Å²) in [5, 5.41) is 3.12. The standard InChI is InChI=1S/C21H27N3O/c1-17(16-24-14-12-23(2)13-15-24)22-21(25)20-10-8-19(9-11-20)18-6-4-3-5-7-18/h3-11,17H,12-16H2,1-2H3,(H,22,25). The zero-order valence-electron chi connectivity index (χ0n) is 15.1. The van der Waals surface area contributed by atoms with Crippen LogP contribution in [-0.4, -0.2) is 61.5 Å². The number of hydrogen-bond donors (Lipinski definition) is 1. The summed E-state index contributed by atoms with van der Waals surface area (Å²) in [6.45, 7) is 7.32. The fraction of sp³-hybridized carbons (Fsp3) is 0.381. The summed E-state index contributed by atoms with van der Waals surface area (Å²) >= 11 is 0. The lowest BCUT2D eigenvalue weighted by molar-refractivity contribution is 0.0914. The first-order valence-electron chi connectivity index (χ1n) is 8.99. The van der Waals surface area contributed by atoms with Crippen LogP contribution in [0.25, 0.3) is 11.1 Å². The van der Waals surface area contributed by atoms with E-state index in [9.17, 15) is 4.79 Å². The van der Waals surface area contributed by atoms with E-state index in [1.165, 1.54) is 0 Å². The van der Waals surface area contributed by atoms with Crippen molar-refractivity contribution in [1.29, 1.82) is 0 Å². The molecule has 132 valence electrons. The minimum atomic E-state index is 0.00115. The molecular weight excluding hydrogens is 310 g/mol. The Balaban J connectivity index is 1.54. The second-order valence-corrected chi connectivity index (χ2v) is 6.92. The van der Waals surface area contributed by atoms with Gasteiger partial charge in [0.05, 0.1) is 0 Å². The average molecular weight is 337 g/mol. The highest BCUT2D eigenvalue weighted by molar-refractivity contribution is 5.94. The van der Waals surface area contributed by atoms with Crippen molar-refractivity contribution in [3.05, 3.63) is 60.2 Å². The topological polar surface area (TPSA) is 35.6 Å². The smallest absolute Gasteiger partial charge is 0.251 e. The minimum absolute atomic E-state index is 0.00115. The molecule has 1 aliphatic rings. The molecule has 1 fully saturated rings. The van der Waals surface area contributed by atoms with Crippen molar-refractivity contribution in [3.8, 4) is 11.1 Å². The fourth-order valence-electron chi connectivity index (χ4n) is 3.22. The Morgan fingerprint density at radius 3 is 2.20 bits per heavy atom. The largest absolute Gasteiger partial charge is 0.348 e. The maximum Gasteiger partial charge on any atom is 0.251 e. The predicted octanol–water partition coefficient (Wildman–Crippen LogP) is 2.72. The lowest BCUT2D eigenvalue weighted by Crippen LogP contribution is -2.49. The number of rotatable bonds is 5. The zero-order chi connectivity index (χ0) is 17.6. The van der Waals surface area contributed by atoms with Crippen LogP contribution in [0.1, 0.15) is 17.3 Å². The molecule has 1 atom stereocenters. The van der Waals surface area contributed by atoms with Crippen molar-refractivity contribution in [2.24, 2.45) is 0 Å². The van der Waals surface area contributed by atoms with E-state index in [-0.39, 0.29) is 11.9 Å². The number of carbonyl (C=O) groups excluding carboxylic acids is 1. The predicted molar refractivity (Wildman–Crippen MR) is 103 cm³/mol. The quantitative estimate of drug-likeness (QED) is 0.911. The van der Waals surface area contributed by atoms with Crippen molar-refractivity contribution >= 4 is 5.91 Å². The van der Waals surface area contributed by atoms with Crippen molar-refractivity contribution in [2.75, 3.05) is 39.8 Å². The summed E-state index contributed by atoms with van der Waals surface area (Å²) in [4.78, 5) is 17.2. The van der Waals surface area contributed by atoms with Crippen molar-refractivity contribution in [1.82, 2.24) is 15.1 Å². The normalized spacial score (nSPS) is 17.2. The molecule has 25 heavy (non-hydrogen) atoms. The van der Waals surface area contributed by atoms with Crippen LogP contribution < -0.4 is 5.32 Å². The van der Waals surface area contributed by atoms with E-state index in [2.05, 4.69) is 41.2 Å². The van der Waals surface area contributed by atoms with Crippen LogP contribution in [0.3, 0.4) is 0 Å². The summed E-state index contributed by atoms with van der Waals surface area (Å²) in [7, 11) is 2.15. The minimum Gasteiger partial charge on any atom is -0.348 e. The molecule has 1 N–H and O–H groups in total. The first-order valence-corrected chi connectivity index (χ1v) is 8.99. The van der Waals surface area contributed by atoms with Gasteiger partial charge in [-0.3, -0.25) is 9.69 Å². The molecule has 2 aromatic rings. The molecule has 1 unspecified atom stereocenters. The van der Waals surface area contributed by atoms with Crippen LogP contribution >= 0.6 is 0 Å². The number of nitrogens with one attached hydrogen (secondary N) is 1. The maximum atomic E-state index is 12.5. The van der Waals surface area contributed by atoms with Gasteiger partial charge in [0.25, 0.3) is 5.91 Å². The molecule has 0 aromatic heterocycles. The molecular formula is C21H27N3O. The Labute approximate surface area is 150 Å². The first kappa shape index (κ1) is 17.6. The molecule has 0 saturated carbocycles. The molecule has 0 bridgehead atoms. The van der Waals surface area contributed by atoms with Gasteiger partial charge in [-0.2, -0.15) is 0 Å². The van der Waals surface area contributed by atoms with Crippen LogP contribution in [-0.2, 0) is 0 Å². The molecule has 1 amide bonds. The molecule has 3 rings (SSSR count). The summed E-state index contributed by atoms with van der Waals surface area (Å²) in [5.74, 6) is 0.00115. The highest BCUT2D eigenvalue weighted by Gasteiger charge is 2.17. The van der Waals surface area contributed by atoms with Gasteiger partial charge < -0.3 is 10.2 Å². The van der Waals surface area contributed by atoms with Gasteiger partial charge in [0.2, 0.25) is 0 Å². The Morgan fingerprint density at radius 1 is 0.960 bits per heavy atom. The summed E-state index contributed by atoms with van der Waals surface area (Å²) in [6.07, 6.45) is 0. The molecule has 0 spiro atoms. The highest BCUT2D eigenvalue weighted by atomic mass is 16.1. The number of hydrogen-bond acceptors (Lipinski definition) is 3. The van der Waals surface area contributed by atoms with Gasteiger partial charge >= 0.3 is 0 Å². The van der Waals surface area contributed by atoms with Crippen LogP contribution in [0.15, 0.2) is 54.6 Å². The van der Waals surface area contributed by atoms with E-state index in [1.807, 2.05) is 42.5 Å². The average Bonchev–Trinajstić information content (AvgIpc) is 2.64. The Hall–Kier alpha value is -2.17. The van der Waals surface area contributed by atoms with E-state index in [4.69, 9.17) is 0 Å². The molecule has 4 nitrogen and oxygen atoms in total. The molecule has 1 heterocycles. The van der Waals surface area contributed by atoms with Gasteiger partial charge in [-0.05, 0) is 37.2 Å². The maximum absolute atomic E-state index is 12.5. The van der Waals surface area contributed by atoms with Gasteiger partial charge in [-0.25, -0.2) is 0 Å². The van der Waals surface area contributed by atoms with E-state index < -0.39 is 0 Å². The van der Waals surface area contributed by atoms with E-state index >= 15 is 0 Å². The number of likely N-dealkylation sites (N-methyl/N-ethyl adjacent to an activating group) is 1. The van der Waals surface area contributed by atoms with E-state index in [0.717, 1.165) is 43.9 Å². The summed E-state index contributed by atoms with van der Waals surface area (Å²) < 4.78 is 0. The van der Waals surface area contributed by atoms with Gasteiger partial charge in [0.15, 0.2) is 0 Å². The SMILES string of the molecule is CC(CN1CCN(C)CC1)NC(=O)c1ccc(-c2ccccc2)cc1. The first-order chi connectivity index (χ1) is 12.1. The Bertz CT molecular complexity index is 676. The van der Waals surface area contributed by atoms with Crippen molar-refractivity contribution in [2.45, 2.75) is 13.0 Å². The number of benzene rings is 2. The summed E-state index contributed by atoms with van der Waals surface area (Å²) in [6, 6.07) is 18.2. The van der Waals surface area contributed by atoms with Crippen LogP contribution in [0.4, 0.5) is 0 Å². The molecule has 0 radical (unpaired) electrons. The number of piperazine rings is 1. The van der Waals surface area contributed by atoms with Gasteiger partial charge in [-0.15, -0.1) is 0 Å². The van der Waals surface area contributed by atoms with Crippen LogP contribution in [0.2, 0.25) is 0 Å². The summed E-state index contributed by atoms with van der Waals surface area (Å²) in [5.41, 5.74) is 3.01. The van der Waals surface area contributed by atoms with Gasteiger partial charge in [0.1, 0.15) is 0 Å². The zero-order valence-corrected chi connectivity index (χ0v) is 15.1. The third-order valence-corrected chi connectivity index (χ3v) is 4.76. The van der Waals surface area contributed by atoms with E-state index in [1.54, 1.807) is 0 Å². The number of amides is 1. The fourth-order valence-corrected chi connectivity index (χ4v) is 3.22. The third-order valence-electron chi connectivity index (χ3n) is 4.76. The molecule has 1 aliphatic heterocycles. The van der Waals surface area contributed by atoms with E-state index in [0.29, 0.717) is 5.56 Å². The van der Waals surface area contributed by atoms with Crippen molar-refractivity contribution in [3.63, 3.8) is 0 Å². The monoisotopic (exact) mass is 337 g/mol. The Morgan fingerprint density at radius 2 is 1.56 bits per heavy atom. The number of nitrogens with zero attached hydrogens (tertiary/aromatic N) is 2.